The number of carbonyl (C=O) groups is 2. The van der Waals surface area contributed by atoms with Gasteiger partial charge in [0.1, 0.15) is 11.9 Å². The number of imidazole rings is 1. The van der Waals surface area contributed by atoms with Gasteiger partial charge in [-0.1, -0.05) is 54.1 Å². The maximum atomic E-state index is 13.1. The van der Waals surface area contributed by atoms with Crippen molar-refractivity contribution in [1.29, 1.82) is 0 Å². The van der Waals surface area contributed by atoms with E-state index in [-0.39, 0.29) is 18.2 Å². The second-order valence-electron chi connectivity index (χ2n) is 7.87. The Hall–Kier alpha value is -3.29. The molecule has 0 radical (unpaired) electrons. The molecule has 0 spiro atoms. The molecule has 2 atom stereocenters. The van der Waals surface area contributed by atoms with E-state index in [1.165, 1.54) is 11.8 Å². The number of fused-ring (bicyclic) bond motifs is 2. The standard InChI is InChI=1S/C25H21ClN4O2S/c1-30-19-10-6-5-9-17(19)27-24(30)23(15-7-3-2-4-8-15)29-22(31)14-21-25(32)28-18-13-16(26)11-12-20(18)33-21/h2-13,21,23H,14H2,1H3,(H,28,32)(H,29,31). The quantitative estimate of drug-likeness (QED) is 0.428. The molecule has 166 valence electrons. The Morgan fingerprint density at radius 1 is 1.15 bits per heavy atom. The lowest BCUT2D eigenvalue weighted by Gasteiger charge is -2.25. The van der Waals surface area contributed by atoms with Crippen molar-refractivity contribution in [2.75, 3.05) is 5.32 Å². The molecule has 0 saturated carbocycles. The predicted octanol–water partition coefficient (Wildman–Crippen LogP) is 4.94. The lowest BCUT2D eigenvalue weighted by molar-refractivity contribution is -0.124. The molecule has 2 unspecified atom stereocenters. The first-order valence-electron chi connectivity index (χ1n) is 10.5. The highest BCUT2D eigenvalue weighted by molar-refractivity contribution is 8.01. The maximum Gasteiger partial charge on any atom is 0.238 e. The number of rotatable bonds is 5. The molecule has 6 nitrogen and oxygen atoms in total. The molecule has 1 aliphatic rings. The average Bonchev–Trinajstić information content (AvgIpc) is 3.15. The molecule has 2 N–H and O–H groups in total. The molecule has 2 amide bonds. The third kappa shape index (κ3) is 4.34. The van der Waals surface area contributed by atoms with Crippen LogP contribution in [0.1, 0.15) is 23.9 Å². The summed E-state index contributed by atoms with van der Waals surface area (Å²) in [6.45, 7) is 0. The second kappa shape index (κ2) is 8.92. The van der Waals surface area contributed by atoms with Gasteiger partial charge in [-0.15, -0.1) is 11.8 Å². The van der Waals surface area contributed by atoms with Gasteiger partial charge in [-0.05, 0) is 35.9 Å². The first kappa shape index (κ1) is 21.6. The monoisotopic (exact) mass is 476 g/mol. The number of halogens is 1. The number of amides is 2. The SMILES string of the molecule is Cn1c(C(NC(=O)CC2Sc3ccc(Cl)cc3NC2=O)c2ccccc2)nc2ccccc21. The molecule has 0 fully saturated rings. The Morgan fingerprint density at radius 2 is 1.91 bits per heavy atom. The van der Waals surface area contributed by atoms with Gasteiger partial charge < -0.3 is 15.2 Å². The second-order valence-corrected chi connectivity index (χ2v) is 9.55. The normalized spacial score (nSPS) is 16.2. The lowest BCUT2D eigenvalue weighted by Crippen LogP contribution is -2.37. The molecule has 0 saturated heterocycles. The summed E-state index contributed by atoms with van der Waals surface area (Å²) in [4.78, 5) is 31.5. The van der Waals surface area contributed by atoms with E-state index < -0.39 is 11.3 Å². The van der Waals surface area contributed by atoms with E-state index in [1.807, 2.05) is 72.3 Å². The average molecular weight is 477 g/mol. The van der Waals surface area contributed by atoms with Gasteiger partial charge in [-0.3, -0.25) is 9.59 Å². The topological polar surface area (TPSA) is 76.0 Å². The van der Waals surface area contributed by atoms with Crippen LogP contribution in [0.4, 0.5) is 5.69 Å². The van der Waals surface area contributed by atoms with Gasteiger partial charge in [0.15, 0.2) is 0 Å². The van der Waals surface area contributed by atoms with Crippen molar-refractivity contribution < 1.29 is 9.59 Å². The van der Waals surface area contributed by atoms with Crippen LogP contribution in [-0.4, -0.2) is 26.6 Å². The van der Waals surface area contributed by atoms with Crippen molar-refractivity contribution in [1.82, 2.24) is 14.9 Å². The van der Waals surface area contributed by atoms with Gasteiger partial charge in [0, 0.05) is 23.4 Å². The number of nitrogens with zero attached hydrogens (tertiary/aromatic N) is 2. The Morgan fingerprint density at radius 3 is 2.70 bits per heavy atom. The summed E-state index contributed by atoms with van der Waals surface area (Å²) in [5, 5.41) is 6.00. The third-order valence-corrected chi connectivity index (χ3v) is 7.16. The fraction of sp³-hybridized carbons (Fsp3) is 0.160. The van der Waals surface area contributed by atoms with Crippen LogP contribution in [-0.2, 0) is 16.6 Å². The molecule has 4 aromatic rings. The highest BCUT2D eigenvalue weighted by atomic mass is 35.5. The van der Waals surface area contributed by atoms with Crippen molar-refractivity contribution in [2.24, 2.45) is 7.05 Å². The lowest BCUT2D eigenvalue weighted by atomic mass is 10.1. The highest BCUT2D eigenvalue weighted by Gasteiger charge is 2.31. The van der Waals surface area contributed by atoms with Crippen molar-refractivity contribution in [3.63, 3.8) is 0 Å². The fourth-order valence-corrected chi connectivity index (χ4v) is 5.27. The van der Waals surface area contributed by atoms with Crippen LogP contribution in [0.2, 0.25) is 5.02 Å². The van der Waals surface area contributed by atoms with Crippen molar-refractivity contribution in [3.05, 3.63) is 89.2 Å². The predicted molar refractivity (Wildman–Crippen MR) is 131 cm³/mol. The molecule has 33 heavy (non-hydrogen) atoms. The molecule has 8 heteroatoms. The van der Waals surface area contributed by atoms with Crippen LogP contribution >= 0.6 is 23.4 Å². The van der Waals surface area contributed by atoms with Crippen molar-refractivity contribution in [2.45, 2.75) is 22.6 Å². The summed E-state index contributed by atoms with van der Waals surface area (Å²) in [6.07, 6.45) is 0.0475. The van der Waals surface area contributed by atoms with Crippen molar-refractivity contribution >= 4 is 51.9 Å². The molecular weight excluding hydrogens is 456 g/mol. The molecule has 5 rings (SSSR count). The zero-order valence-corrected chi connectivity index (χ0v) is 19.4. The number of anilines is 1. The minimum Gasteiger partial charge on any atom is -0.342 e. The number of hydrogen-bond acceptors (Lipinski definition) is 4. The van der Waals surface area contributed by atoms with Gasteiger partial charge >= 0.3 is 0 Å². The summed E-state index contributed by atoms with van der Waals surface area (Å²) < 4.78 is 2.00. The van der Waals surface area contributed by atoms with Crippen LogP contribution in [0, 0.1) is 0 Å². The largest absolute Gasteiger partial charge is 0.342 e. The summed E-state index contributed by atoms with van der Waals surface area (Å²) in [5.74, 6) is 0.307. The molecule has 0 bridgehead atoms. The maximum absolute atomic E-state index is 13.1. The zero-order chi connectivity index (χ0) is 22.9. The number of hydrogen-bond donors (Lipinski definition) is 2. The number of aromatic nitrogens is 2. The van der Waals surface area contributed by atoms with Gasteiger partial charge in [0.2, 0.25) is 11.8 Å². The molecule has 0 aliphatic carbocycles. The van der Waals surface area contributed by atoms with Crippen LogP contribution < -0.4 is 10.6 Å². The van der Waals surface area contributed by atoms with Gasteiger partial charge in [0.25, 0.3) is 0 Å². The Kier molecular flexibility index (Phi) is 5.83. The van der Waals surface area contributed by atoms with E-state index in [4.69, 9.17) is 16.6 Å². The van der Waals surface area contributed by atoms with E-state index in [0.29, 0.717) is 10.7 Å². The number of para-hydroxylation sites is 2. The van der Waals surface area contributed by atoms with Crippen LogP contribution in [0.15, 0.2) is 77.7 Å². The minimum atomic E-state index is -0.532. The van der Waals surface area contributed by atoms with Gasteiger partial charge in [0.05, 0.1) is 22.0 Å². The van der Waals surface area contributed by atoms with Crippen LogP contribution in [0.5, 0.6) is 0 Å². The summed E-state index contributed by atoms with van der Waals surface area (Å²) in [7, 11) is 1.94. The number of carbonyl (C=O) groups excluding carboxylic acids is 2. The smallest absolute Gasteiger partial charge is 0.238 e. The van der Waals surface area contributed by atoms with Gasteiger partial charge in [-0.2, -0.15) is 0 Å². The first-order valence-corrected chi connectivity index (χ1v) is 11.8. The number of benzene rings is 3. The molecule has 1 aromatic heterocycles. The van der Waals surface area contributed by atoms with Crippen LogP contribution in [0.3, 0.4) is 0 Å². The third-order valence-electron chi connectivity index (χ3n) is 5.65. The molecular formula is C25H21ClN4O2S. The van der Waals surface area contributed by atoms with Crippen LogP contribution in [0.25, 0.3) is 11.0 Å². The molecule has 1 aliphatic heterocycles. The summed E-state index contributed by atoms with van der Waals surface area (Å²) in [6, 6.07) is 22.5. The van der Waals surface area contributed by atoms with E-state index in [9.17, 15) is 9.59 Å². The summed E-state index contributed by atoms with van der Waals surface area (Å²) >= 11 is 7.40. The van der Waals surface area contributed by atoms with E-state index in [0.717, 1.165) is 27.3 Å². The Labute approximate surface area is 200 Å². The Balaban J connectivity index is 1.40. The number of nitrogens with one attached hydrogen (secondary N) is 2. The molecule has 2 heterocycles. The zero-order valence-electron chi connectivity index (χ0n) is 17.8. The van der Waals surface area contributed by atoms with E-state index in [1.54, 1.807) is 12.1 Å². The number of aryl methyl sites for hydroxylation is 1. The highest BCUT2D eigenvalue weighted by Crippen LogP contribution is 2.38. The first-order chi connectivity index (χ1) is 16.0. The minimum absolute atomic E-state index is 0.0475. The van der Waals surface area contributed by atoms with Gasteiger partial charge in [-0.25, -0.2) is 4.98 Å². The molecule has 3 aromatic carbocycles. The Bertz CT molecular complexity index is 1360. The van der Waals surface area contributed by atoms with Crippen molar-refractivity contribution in [3.8, 4) is 0 Å². The van der Waals surface area contributed by atoms with E-state index >= 15 is 0 Å². The van der Waals surface area contributed by atoms with E-state index in [2.05, 4.69) is 10.6 Å². The summed E-state index contributed by atoms with van der Waals surface area (Å²) in [5.41, 5.74) is 3.45. The number of thioether (sulfide) groups is 1. The fourth-order valence-electron chi connectivity index (χ4n) is 4.01.